The molecule has 5 heteroatoms. The molecule has 1 aromatic heterocycles. The third-order valence-electron chi connectivity index (χ3n) is 3.12. The van der Waals surface area contributed by atoms with Crippen LogP contribution in [0.1, 0.15) is 24.2 Å². The van der Waals surface area contributed by atoms with Crippen LogP contribution in [-0.2, 0) is 11.2 Å². The van der Waals surface area contributed by atoms with Crippen molar-refractivity contribution in [1.82, 2.24) is 10.3 Å². The van der Waals surface area contributed by atoms with E-state index >= 15 is 0 Å². The second-order valence-electron chi connectivity index (χ2n) is 4.68. The molecule has 1 heterocycles. The summed E-state index contributed by atoms with van der Waals surface area (Å²) >= 11 is 0. The van der Waals surface area contributed by atoms with E-state index in [1.807, 2.05) is 6.07 Å². The highest BCUT2D eigenvalue weighted by Gasteiger charge is 2.13. The molecule has 21 heavy (non-hydrogen) atoms. The molecular formula is C16H17FN2O2. The zero-order chi connectivity index (χ0) is 15.2. The summed E-state index contributed by atoms with van der Waals surface area (Å²) < 4.78 is 18.5. The molecule has 0 aliphatic carbocycles. The van der Waals surface area contributed by atoms with Crippen LogP contribution < -0.4 is 10.1 Å². The Hall–Kier alpha value is -2.43. The van der Waals surface area contributed by atoms with Gasteiger partial charge in [0.15, 0.2) is 11.6 Å². The fourth-order valence-corrected chi connectivity index (χ4v) is 2.00. The van der Waals surface area contributed by atoms with Crippen molar-refractivity contribution in [2.75, 3.05) is 7.11 Å². The number of methoxy groups -OCH3 is 1. The Morgan fingerprint density at radius 2 is 2.19 bits per heavy atom. The number of carbonyl (C=O) groups is 1. The van der Waals surface area contributed by atoms with Crippen molar-refractivity contribution in [1.29, 1.82) is 0 Å². The third-order valence-corrected chi connectivity index (χ3v) is 3.12. The summed E-state index contributed by atoms with van der Waals surface area (Å²) in [6.07, 6.45) is 1.84. The van der Waals surface area contributed by atoms with Crippen molar-refractivity contribution < 1.29 is 13.9 Å². The Kier molecular flexibility index (Phi) is 4.87. The molecule has 2 aromatic rings. The minimum Gasteiger partial charge on any atom is -0.494 e. The van der Waals surface area contributed by atoms with Crippen LogP contribution in [0.3, 0.4) is 0 Å². The van der Waals surface area contributed by atoms with Gasteiger partial charge in [0.25, 0.3) is 0 Å². The summed E-state index contributed by atoms with van der Waals surface area (Å²) in [6, 6.07) is 9.77. The van der Waals surface area contributed by atoms with Gasteiger partial charge in [-0.3, -0.25) is 9.78 Å². The van der Waals surface area contributed by atoms with Crippen LogP contribution in [-0.4, -0.2) is 18.0 Å². The lowest BCUT2D eigenvalue weighted by atomic mass is 10.1. The van der Waals surface area contributed by atoms with Gasteiger partial charge in [-0.15, -0.1) is 0 Å². The van der Waals surface area contributed by atoms with E-state index in [-0.39, 0.29) is 24.1 Å². The van der Waals surface area contributed by atoms with Crippen molar-refractivity contribution in [2.45, 2.75) is 19.4 Å². The molecule has 0 aliphatic heterocycles. The predicted octanol–water partition coefficient (Wildman–Crippen LogP) is 2.65. The first-order valence-electron chi connectivity index (χ1n) is 6.63. The number of benzene rings is 1. The molecule has 0 radical (unpaired) electrons. The van der Waals surface area contributed by atoms with E-state index in [0.717, 1.165) is 0 Å². The second kappa shape index (κ2) is 6.83. The molecule has 4 nitrogen and oxygen atoms in total. The van der Waals surface area contributed by atoms with Crippen LogP contribution in [0.4, 0.5) is 4.39 Å². The van der Waals surface area contributed by atoms with Crippen molar-refractivity contribution in [3.05, 3.63) is 59.7 Å². The summed E-state index contributed by atoms with van der Waals surface area (Å²) in [7, 11) is 1.41. The average Bonchev–Trinajstić information content (AvgIpc) is 2.48. The Bertz CT molecular complexity index is 617. The Morgan fingerprint density at radius 1 is 1.38 bits per heavy atom. The monoisotopic (exact) mass is 288 g/mol. The van der Waals surface area contributed by atoms with Gasteiger partial charge in [0, 0.05) is 11.9 Å². The molecule has 0 bridgehead atoms. The number of aromatic nitrogens is 1. The summed E-state index contributed by atoms with van der Waals surface area (Å²) in [5, 5.41) is 2.82. The van der Waals surface area contributed by atoms with Crippen LogP contribution in [0.5, 0.6) is 5.75 Å². The molecule has 0 saturated heterocycles. The molecule has 1 N–H and O–H groups in total. The van der Waals surface area contributed by atoms with Crippen molar-refractivity contribution in [3.63, 3.8) is 0 Å². The highest BCUT2D eigenvalue weighted by molar-refractivity contribution is 5.78. The summed E-state index contributed by atoms with van der Waals surface area (Å²) in [4.78, 5) is 16.0. The first kappa shape index (κ1) is 15.0. The lowest BCUT2D eigenvalue weighted by molar-refractivity contribution is -0.121. The number of ether oxygens (including phenoxy) is 1. The van der Waals surface area contributed by atoms with Crippen LogP contribution in [0.2, 0.25) is 0 Å². The Labute approximate surface area is 123 Å². The molecule has 1 amide bonds. The van der Waals surface area contributed by atoms with E-state index in [1.165, 1.54) is 13.2 Å². The number of pyridine rings is 1. The van der Waals surface area contributed by atoms with E-state index in [1.54, 1.807) is 37.4 Å². The van der Waals surface area contributed by atoms with Gasteiger partial charge in [0.05, 0.1) is 19.6 Å². The molecule has 0 spiro atoms. The van der Waals surface area contributed by atoms with E-state index in [2.05, 4.69) is 10.3 Å². The number of amides is 1. The maximum atomic E-state index is 13.6. The zero-order valence-corrected chi connectivity index (χ0v) is 12.0. The smallest absolute Gasteiger partial charge is 0.226 e. The van der Waals surface area contributed by atoms with Gasteiger partial charge in [-0.25, -0.2) is 4.39 Å². The number of hydrogen-bond acceptors (Lipinski definition) is 3. The summed E-state index contributed by atoms with van der Waals surface area (Å²) in [6.45, 7) is 1.80. The number of hydrogen-bond donors (Lipinski definition) is 1. The number of nitrogens with zero attached hydrogens (tertiary/aromatic N) is 1. The van der Waals surface area contributed by atoms with Crippen LogP contribution in [0.25, 0.3) is 0 Å². The van der Waals surface area contributed by atoms with Gasteiger partial charge in [-0.1, -0.05) is 12.1 Å². The van der Waals surface area contributed by atoms with E-state index in [0.29, 0.717) is 11.3 Å². The molecule has 0 unspecified atom stereocenters. The second-order valence-corrected chi connectivity index (χ2v) is 4.68. The summed E-state index contributed by atoms with van der Waals surface area (Å²) in [5.74, 6) is -0.413. The standard InChI is InChI=1S/C16H17FN2O2/c1-11(12-6-7-15(21-2)14(17)9-12)19-16(20)10-13-5-3-4-8-18-13/h3-9,11H,10H2,1-2H3,(H,19,20)/t11-/m1/s1. The van der Waals surface area contributed by atoms with Gasteiger partial charge < -0.3 is 10.1 Å². The molecule has 1 aromatic carbocycles. The molecule has 0 saturated carbocycles. The molecular weight excluding hydrogens is 271 g/mol. The average molecular weight is 288 g/mol. The van der Waals surface area contributed by atoms with Gasteiger partial charge in [0.1, 0.15) is 0 Å². The predicted molar refractivity (Wildman–Crippen MR) is 77.5 cm³/mol. The highest BCUT2D eigenvalue weighted by atomic mass is 19.1. The maximum Gasteiger partial charge on any atom is 0.226 e. The summed E-state index contributed by atoms with van der Waals surface area (Å²) in [5.41, 5.74) is 1.38. The molecule has 0 fully saturated rings. The van der Waals surface area contributed by atoms with Crippen LogP contribution in [0.15, 0.2) is 42.6 Å². The van der Waals surface area contributed by atoms with Gasteiger partial charge in [-0.2, -0.15) is 0 Å². The van der Waals surface area contributed by atoms with E-state index in [9.17, 15) is 9.18 Å². The first-order valence-corrected chi connectivity index (χ1v) is 6.63. The van der Waals surface area contributed by atoms with Gasteiger partial charge in [0.2, 0.25) is 5.91 Å². The first-order chi connectivity index (χ1) is 10.1. The number of rotatable bonds is 5. The number of carbonyl (C=O) groups excluding carboxylic acids is 1. The Morgan fingerprint density at radius 3 is 2.81 bits per heavy atom. The molecule has 0 aliphatic rings. The minimum absolute atomic E-state index is 0.155. The lowest BCUT2D eigenvalue weighted by Gasteiger charge is -2.15. The van der Waals surface area contributed by atoms with E-state index < -0.39 is 5.82 Å². The van der Waals surface area contributed by atoms with Crippen LogP contribution in [0, 0.1) is 5.82 Å². The highest BCUT2D eigenvalue weighted by Crippen LogP contribution is 2.21. The fourth-order valence-electron chi connectivity index (χ4n) is 2.00. The van der Waals surface area contributed by atoms with Crippen LogP contribution >= 0.6 is 0 Å². The van der Waals surface area contributed by atoms with Crippen molar-refractivity contribution in [2.24, 2.45) is 0 Å². The van der Waals surface area contributed by atoms with Crippen molar-refractivity contribution >= 4 is 5.91 Å². The third kappa shape index (κ3) is 4.02. The fraction of sp³-hybridized carbons (Fsp3) is 0.250. The molecule has 2 rings (SSSR count). The SMILES string of the molecule is COc1ccc([C@@H](C)NC(=O)Cc2ccccn2)cc1F. The maximum absolute atomic E-state index is 13.6. The largest absolute Gasteiger partial charge is 0.494 e. The van der Waals surface area contributed by atoms with Crippen molar-refractivity contribution in [3.8, 4) is 5.75 Å². The topological polar surface area (TPSA) is 51.2 Å². The van der Waals surface area contributed by atoms with Gasteiger partial charge in [-0.05, 0) is 36.8 Å². The van der Waals surface area contributed by atoms with E-state index in [4.69, 9.17) is 4.74 Å². The molecule has 110 valence electrons. The number of halogens is 1. The number of nitrogens with one attached hydrogen (secondary N) is 1. The quantitative estimate of drug-likeness (QED) is 0.920. The zero-order valence-electron chi connectivity index (χ0n) is 12.0. The minimum atomic E-state index is -0.444. The Balaban J connectivity index is 1.99. The molecule has 1 atom stereocenters. The normalized spacial score (nSPS) is 11.8. The van der Waals surface area contributed by atoms with Gasteiger partial charge >= 0.3 is 0 Å². The lowest BCUT2D eigenvalue weighted by Crippen LogP contribution is -2.28.